The zero-order valence-corrected chi connectivity index (χ0v) is 20.0. The molecule has 2 aliphatic heterocycles. The van der Waals surface area contributed by atoms with Crippen LogP contribution in [-0.2, 0) is 14.3 Å². The first-order valence-electron chi connectivity index (χ1n) is 12.4. The Balaban J connectivity index is 1.18. The summed E-state index contributed by atoms with van der Waals surface area (Å²) in [6.45, 7) is 6.96. The summed E-state index contributed by atoms with van der Waals surface area (Å²) in [6.07, 6.45) is 4.37. The number of ether oxygens (including phenoxy) is 1. The topological polar surface area (TPSA) is 164 Å². The molecule has 6 N–H and O–H groups in total. The minimum Gasteiger partial charge on any atom is -0.382 e. The summed E-state index contributed by atoms with van der Waals surface area (Å²) < 4.78 is 7.76. The number of aromatic nitrogens is 4. The molecule has 4 rings (SSSR count). The van der Waals surface area contributed by atoms with E-state index in [-0.39, 0.29) is 18.0 Å². The number of carbonyl (C=O) groups is 2. The number of nitrogens with one attached hydrogen (secondary N) is 4. The maximum absolute atomic E-state index is 12.7. The lowest BCUT2D eigenvalue weighted by atomic mass is 10.2. The summed E-state index contributed by atoms with van der Waals surface area (Å²) in [5.74, 6) is 0.267. The van der Waals surface area contributed by atoms with Crippen molar-refractivity contribution in [2.75, 3.05) is 64.6 Å². The van der Waals surface area contributed by atoms with E-state index in [1.165, 1.54) is 6.33 Å². The molecule has 13 heteroatoms. The fourth-order valence-corrected chi connectivity index (χ4v) is 4.34. The molecule has 0 spiro atoms. The van der Waals surface area contributed by atoms with E-state index in [0.717, 1.165) is 39.3 Å². The monoisotopic (exact) mass is 488 g/mol. The van der Waals surface area contributed by atoms with E-state index in [2.05, 4.69) is 36.2 Å². The van der Waals surface area contributed by atoms with Crippen molar-refractivity contribution in [3.05, 3.63) is 12.7 Å². The molecule has 0 aromatic carbocycles. The van der Waals surface area contributed by atoms with Crippen LogP contribution in [0.3, 0.4) is 0 Å². The molecule has 35 heavy (non-hydrogen) atoms. The van der Waals surface area contributed by atoms with Crippen molar-refractivity contribution in [1.29, 1.82) is 0 Å². The van der Waals surface area contributed by atoms with Crippen molar-refractivity contribution in [2.45, 2.75) is 38.0 Å². The Morgan fingerprint density at radius 1 is 1.03 bits per heavy atom. The number of nitrogen functional groups attached to an aromatic ring is 1. The van der Waals surface area contributed by atoms with Gasteiger partial charge in [0.1, 0.15) is 24.2 Å². The maximum atomic E-state index is 12.7. The van der Waals surface area contributed by atoms with Gasteiger partial charge >= 0.3 is 0 Å². The first kappa shape index (κ1) is 25.2. The SMILES string of the molecule is Nc1ncnc2c1ncn2[C@H]1CC[C@@H](C(=O)NCCCC(=O)N2CCNCCNCCNCC2)O1. The number of nitrogens with two attached hydrogens (primary N) is 1. The molecule has 4 heterocycles. The average Bonchev–Trinajstić information content (AvgIpc) is 3.50. The Bertz CT molecular complexity index is 972. The highest BCUT2D eigenvalue weighted by Crippen LogP contribution is 2.31. The summed E-state index contributed by atoms with van der Waals surface area (Å²) in [7, 11) is 0. The van der Waals surface area contributed by atoms with Gasteiger partial charge in [0.25, 0.3) is 0 Å². The molecule has 192 valence electrons. The number of hydrogen-bond donors (Lipinski definition) is 5. The third kappa shape index (κ3) is 6.84. The molecule has 2 amide bonds. The molecule has 2 aromatic heterocycles. The van der Waals surface area contributed by atoms with E-state index >= 15 is 0 Å². The molecule has 2 fully saturated rings. The highest BCUT2D eigenvalue weighted by Gasteiger charge is 2.32. The van der Waals surface area contributed by atoms with Gasteiger partial charge in [-0.25, -0.2) is 15.0 Å². The van der Waals surface area contributed by atoms with E-state index in [4.69, 9.17) is 10.5 Å². The molecule has 2 aliphatic rings. The average molecular weight is 489 g/mol. The van der Waals surface area contributed by atoms with Gasteiger partial charge in [-0.05, 0) is 19.3 Å². The van der Waals surface area contributed by atoms with Crippen molar-refractivity contribution in [1.82, 2.24) is 45.7 Å². The Kier molecular flexibility index (Phi) is 9.17. The van der Waals surface area contributed by atoms with Crippen LogP contribution in [0.25, 0.3) is 11.2 Å². The summed E-state index contributed by atoms with van der Waals surface area (Å²) in [6, 6.07) is 0. The van der Waals surface area contributed by atoms with Gasteiger partial charge in [-0.2, -0.15) is 0 Å². The van der Waals surface area contributed by atoms with Crippen LogP contribution in [0.4, 0.5) is 5.82 Å². The molecule has 0 unspecified atom stereocenters. The highest BCUT2D eigenvalue weighted by atomic mass is 16.5. The van der Waals surface area contributed by atoms with Crippen LogP contribution in [0.1, 0.15) is 31.9 Å². The van der Waals surface area contributed by atoms with Crippen molar-refractivity contribution in [2.24, 2.45) is 0 Å². The van der Waals surface area contributed by atoms with Crippen LogP contribution < -0.4 is 27.0 Å². The fraction of sp³-hybridized carbons (Fsp3) is 0.682. The zero-order chi connectivity index (χ0) is 24.5. The number of amides is 2. The molecular weight excluding hydrogens is 452 g/mol. The number of anilines is 1. The van der Waals surface area contributed by atoms with Crippen LogP contribution >= 0.6 is 0 Å². The third-order valence-corrected chi connectivity index (χ3v) is 6.28. The number of hydrogen-bond acceptors (Lipinski definition) is 10. The minimum atomic E-state index is -0.547. The quantitative estimate of drug-likeness (QED) is 0.305. The van der Waals surface area contributed by atoms with Crippen LogP contribution in [0, 0.1) is 0 Å². The van der Waals surface area contributed by atoms with E-state index < -0.39 is 6.10 Å². The fourth-order valence-electron chi connectivity index (χ4n) is 4.34. The van der Waals surface area contributed by atoms with Gasteiger partial charge in [0, 0.05) is 65.3 Å². The molecule has 2 aromatic rings. The van der Waals surface area contributed by atoms with Crippen LogP contribution in [0.2, 0.25) is 0 Å². The van der Waals surface area contributed by atoms with Crippen molar-refractivity contribution in [3.63, 3.8) is 0 Å². The maximum Gasteiger partial charge on any atom is 0.249 e. The third-order valence-electron chi connectivity index (χ3n) is 6.28. The van der Waals surface area contributed by atoms with Gasteiger partial charge in [-0.1, -0.05) is 0 Å². The smallest absolute Gasteiger partial charge is 0.249 e. The molecule has 13 nitrogen and oxygen atoms in total. The molecule has 2 saturated heterocycles. The Hall–Kier alpha value is -2.87. The van der Waals surface area contributed by atoms with Gasteiger partial charge in [0.05, 0.1) is 6.33 Å². The predicted molar refractivity (Wildman–Crippen MR) is 130 cm³/mol. The first-order chi connectivity index (χ1) is 17.1. The number of nitrogens with zero attached hydrogens (tertiary/aromatic N) is 5. The van der Waals surface area contributed by atoms with Gasteiger partial charge in [0.15, 0.2) is 11.5 Å². The Labute approximate surface area is 204 Å². The standard InChI is InChI=1S/C22H36N10O3/c23-20-19-21(29-14-28-20)32(15-30-19)18-4-3-16(35-18)22(34)27-5-1-2-17(33)31-12-10-25-8-6-24-7-9-26-11-13-31/h14-16,18,24-26H,1-13H2,(H,27,34)(H2,23,28,29)/t16-,18+/m0/s1. The number of carbonyl (C=O) groups excluding carboxylic acids is 2. The minimum absolute atomic E-state index is 0.114. The van der Waals surface area contributed by atoms with E-state index in [1.54, 1.807) is 10.9 Å². The zero-order valence-electron chi connectivity index (χ0n) is 20.0. The second kappa shape index (κ2) is 12.7. The second-order valence-electron chi connectivity index (χ2n) is 8.77. The normalized spacial score (nSPS) is 22.5. The lowest BCUT2D eigenvalue weighted by Crippen LogP contribution is -2.44. The molecule has 0 bridgehead atoms. The number of imidazole rings is 1. The first-order valence-corrected chi connectivity index (χ1v) is 12.4. The molecule has 0 aliphatic carbocycles. The highest BCUT2D eigenvalue weighted by molar-refractivity contribution is 5.82. The molecule has 0 radical (unpaired) electrons. The van der Waals surface area contributed by atoms with E-state index in [0.29, 0.717) is 62.3 Å². The van der Waals surface area contributed by atoms with E-state index in [9.17, 15) is 9.59 Å². The van der Waals surface area contributed by atoms with Crippen molar-refractivity contribution >= 4 is 28.8 Å². The predicted octanol–water partition coefficient (Wildman–Crippen LogP) is -1.41. The lowest BCUT2D eigenvalue weighted by Gasteiger charge is -2.24. The lowest BCUT2D eigenvalue weighted by molar-refractivity contribution is -0.134. The number of rotatable bonds is 6. The Morgan fingerprint density at radius 3 is 2.49 bits per heavy atom. The van der Waals surface area contributed by atoms with Crippen molar-refractivity contribution in [3.8, 4) is 0 Å². The van der Waals surface area contributed by atoms with Gasteiger partial charge in [-0.3, -0.25) is 14.2 Å². The van der Waals surface area contributed by atoms with Crippen LogP contribution in [0.5, 0.6) is 0 Å². The Morgan fingerprint density at radius 2 is 1.74 bits per heavy atom. The second-order valence-corrected chi connectivity index (χ2v) is 8.77. The van der Waals surface area contributed by atoms with Gasteiger partial charge in [0.2, 0.25) is 11.8 Å². The van der Waals surface area contributed by atoms with Gasteiger partial charge < -0.3 is 36.6 Å². The summed E-state index contributed by atoms with van der Waals surface area (Å²) >= 11 is 0. The number of fused-ring (bicyclic) bond motifs is 1. The summed E-state index contributed by atoms with van der Waals surface area (Å²) in [5.41, 5.74) is 6.96. The van der Waals surface area contributed by atoms with E-state index in [1.807, 2.05) is 4.90 Å². The summed E-state index contributed by atoms with van der Waals surface area (Å²) in [5, 5.41) is 13.0. The van der Waals surface area contributed by atoms with Crippen LogP contribution in [-0.4, -0.2) is 101 Å². The van der Waals surface area contributed by atoms with Crippen molar-refractivity contribution < 1.29 is 14.3 Å². The largest absolute Gasteiger partial charge is 0.382 e. The van der Waals surface area contributed by atoms with Crippen LogP contribution in [0.15, 0.2) is 12.7 Å². The van der Waals surface area contributed by atoms with Gasteiger partial charge in [-0.15, -0.1) is 0 Å². The summed E-state index contributed by atoms with van der Waals surface area (Å²) in [4.78, 5) is 39.7. The molecule has 2 atom stereocenters. The molecule has 0 saturated carbocycles. The molecular formula is C22H36N10O3.